The van der Waals surface area contributed by atoms with E-state index < -0.39 is 0 Å². The van der Waals surface area contributed by atoms with Gasteiger partial charge in [-0.2, -0.15) is 0 Å². The Morgan fingerprint density at radius 2 is 2.17 bits per heavy atom. The van der Waals surface area contributed by atoms with Crippen molar-refractivity contribution < 1.29 is 14.3 Å². The Morgan fingerprint density at radius 3 is 2.83 bits per heavy atom. The third-order valence-electron chi connectivity index (χ3n) is 4.11. The van der Waals surface area contributed by atoms with E-state index in [4.69, 9.17) is 4.74 Å². The second kappa shape index (κ2) is 6.20. The molecule has 3 rings (SSSR count). The molecule has 0 radical (unpaired) electrons. The van der Waals surface area contributed by atoms with Crippen molar-refractivity contribution in [3.63, 3.8) is 0 Å². The van der Waals surface area contributed by atoms with Gasteiger partial charge < -0.3 is 9.64 Å². The molecule has 1 aromatic heterocycles. The lowest BCUT2D eigenvalue weighted by atomic mass is 9.94. The lowest BCUT2D eigenvalue weighted by Gasteiger charge is -2.31. The Hall–Kier alpha value is -1.47. The standard InChI is InChI=1S/C16H23N3O3S/c1-16(2,3)14(21)19-7-6-10-12(9-19)23-15(17-10)18-13(20)11-5-4-8-22-11/h11H,4-9H2,1-3H3,(H,17,18,20). The molecule has 0 bridgehead atoms. The molecule has 1 fully saturated rings. The highest BCUT2D eigenvalue weighted by atomic mass is 32.1. The largest absolute Gasteiger partial charge is 0.368 e. The van der Waals surface area contributed by atoms with Gasteiger partial charge in [-0.1, -0.05) is 32.1 Å². The van der Waals surface area contributed by atoms with Crippen LogP contribution in [0.4, 0.5) is 5.13 Å². The van der Waals surface area contributed by atoms with E-state index in [1.54, 1.807) is 0 Å². The molecule has 2 aliphatic rings. The van der Waals surface area contributed by atoms with E-state index in [1.807, 2.05) is 25.7 Å². The summed E-state index contributed by atoms with van der Waals surface area (Å²) in [6.45, 7) is 7.72. The zero-order valence-corrected chi connectivity index (χ0v) is 14.7. The predicted molar refractivity (Wildman–Crippen MR) is 88.3 cm³/mol. The number of fused-ring (bicyclic) bond motifs is 1. The van der Waals surface area contributed by atoms with Crippen LogP contribution in [0.25, 0.3) is 0 Å². The minimum absolute atomic E-state index is 0.115. The maximum atomic E-state index is 12.4. The number of amides is 2. The van der Waals surface area contributed by atoms with Crippen molar-refractivity contribution in [2.24, 2.45) is 5.41 Å². The molecule has 0 aromatic carbocycles. The molecule has 2 aliphatic heterocycles. The highest BCUT2D eigenvalue weighted by molar-refractivity contribution is 7.15. The number of carbonyl (C=O) groups excluding carboxylic acids is 2. The van der Waals surface area contributed by atoms with Crippen LogP contribution >= 0.6 is 11.3 Å². The Labute approximate surface area is 140 Å². The molecule has 23 heavy (non-hydrogen) atoms. The number of hydrogen-bond donors (Lipinski definition) is 1. The molecular weight excluding hydrogens is 314 g/mol. The van der Waals surface area contributed by atoms with Gasteiger partial charge in [-0.05, 0) is 12.8 Å². The number of rotatable bonds is 2. The quantitative estimate of drug-likeness (QED) is 0.898. The van der Waals surface area contributed by atoms with E-state index >= 15 is 0 Å². The predicted octanol–water partition coefficient (Wildman–Crippen LogP) is 2.19. The number of nitrogens with zero attached hydrogens (tertiary/aromatic N) is 2. The average molecular weight is 337 g/mol. The van der Waals surface area contributed by atoms with E-state index in [1.165, 1.54) is 11.3 Å². The SMILES string of the molecule is CC(C)(C)C(=O)N1CCc2nc(NC(=O)C3CCCO3)sc2C1. The van der Waals surface area contributed by atoms with Gasteiger partial charge in [-0.15, -0.1) is 0 Å². The van der Waals surface area contributed by atoms with Crippen LogP contribution in [0.2, 0.25) is 0 Å². The molecule has 3 heterocycles. The zero-order chi connectivity index (χ0) is 16.6. The lowest BCUT2D eigenvalue weighted by Crippen LogP contribution is -2.42. The fourth-order valence-corrected chi connectivity index (χ4v) is 3.89. The minimum Gasteiger partial charge on any atom is -0.368 e. The molecule has 7 heteroatoms. The van der Waals surface area contributed by atoms with Gasteiger partial charge in [-0.3, -0.25) is 14.9 Å². The van der Waals surface area contributed by atoms with Gasteiger partial charge in [0, 0.05) is 29.9 Å². The van der Waals surface area contributed by atoms with Gasteiger partial charge in [0.2, 0.25) is 5.91 Å². The van der Waals surface area contributed by atoms with Crippen LogP contribution in [0.5, 0.6) is 0 Å². The summed E-state index contributed by atoms with van der Waals surface area (Å²) in [4.78, 5) is 32.0. The second-order valence-electron chi connectivity index (χ2n) is 7.11. The number of ether oxygens (including phenoxy) is 1. The van der Waals surface area contributed by atoms with Gasteiger partial charge in [0.15, 0.2) is 5.13 Å². The first kappa shape index (κ1) is 16.4. The van der Waals surface area contributed by atoms with Crippen LogP contribution in [-0.4, -0.2) is 41.0 Å². The van der Waals surface area contributed by atoms with Crippen molar-refractivity contribution in [1.29, 1.82) is 0 Å². The minimum atomic E-state index is -0.376. The molecule has 1 atom stereocenters. The average Bonchev–Trinajstić information content (AvgIpc) is 3.13. The second-order valence-corrected chi connectivity index (χ2v) is 8.19. The van der Waals surface area contributed by atoms with Crippen LogP contribution in [0, 0.1) is 5.41 Å². The van der Waals surface area contributed by atoms with Crippen molar-refractivity contribution in [2.45, 2.75) is 52.7 Å². The van der Waals surface area contributed by atoms with Gasteiger partial charge in [0.25, 0.3) is 5.91 Å². The molecule has 126 valence electrons. The van der Waals surface area contributed by atoms with E-state index in [-0.39, 0.29) is 23.3 Å². The summed E-state index contributed by atoms with van der Waals surface area (Å²) in [5, 5.41) is 3.47. The van der Waals surface area contributed by atoms with Crippen molar-refractivity contribution in [2.75, 3.05) is 18.5 Å². The summed E-state index contributed by atoms with van der Waals surface area (Å²) >= 11 is 1.46. The van der Waals surface area contributed by atoms with Crippen molar-refractivity contribution in [3.05, 3.63) is 10.6 Å². The van der Waals surface area contributed by atoms with Crippen LogP contribution in [0.15, 0.2) is 0 Å². The van der Waals surface area contributed by atoms with Gasteiger partial charge in [0.05, 0.1) is 12.2 Å². The van der Waals surface area contributed by atoms with Crippen LogP contribution < -0.4 is 5.32 Å². The summed E-state index contributed by atoms with van der Waals surface area (Å²) in [6.07, 6.45) is 2.08. The first-order valence-corrected chi connectivity index (χ1v) is 8.86. The zero-order valence-electron chi connectivity index (χ0n) is 13.8. The van der Waals surface area contributed by atoms with Crippen LogP contribution in [0.1, 0.15) is 44.2 Å². The molecule has 0 saturated carbocycles. The number of thiazole rings is 1. The lowest BCUT2D eigenvalue weighted by molar-refractivity contribution is -0.140. The van der Waals surface area contributed by atoms with E-state index in [0.717, 1.165) is 29.8 Å². The molecule has 0 spiro atoms. The van der Waals surface area contributed by atoms with Crippen molar-refractivity contribution >= 4 is 28.3 Å². The summed E-state index contributed by atoms with van der Waals surface area (Å²) in [7, 11) is 0. The molecule has 0 aliphatic carbocycles. The maximum absolute atomic E-state index is 12.4. The molecular formula is C16H23N3O3S. The summed E-state index contributed by atoms with van der Waals surface area (Å²) in [6, 6.07) is 0. The first-order chi connectivity index (χ1) is 10.8. The van der Waals surface area contributed by atoms with E-state index in [2.05, 4.69) is 10.3 Å². The highest BCUT2D eigenvalue weighted by Crippen LogP contribution is 2.30. The highest BCUT2D eigenvalue weighted by Gasteiger charge is 2.31. The summed E-state index contributed by atoms with van der Waals surface area (Å²) in [5.41, 5.74) is 0.620. The fourth-order valence-electron chi connectivity index (χ4n) is 2.87. The third-order valence-corrected chi connectivity index (χ3v) is 5.11. The molecule has 2 amide bonds. The Kier molecular flexibility index (Phi) is 4.42. The number of aromatic nitrogens is 1. The van der Waals surface area contributed by atoms with Gasteiger partial charge >= 0.3 is 0 Å². The third kappa shape index (κ3) is 3.55. The smallest absolute Gasteiger partial charge is 0.255 e. The van der Waals surface area contributed by atoms with Crippen LogP contribution in [-0.2, 0) is 27.3 Å². The monoisotopic (exact) mass is 337 g/mol. The van der Waals surface area contributed by atoms with Crippen LogP contribution in [0.3, 0.4) is 0 Å². The first-order valence-electron chi connectivity index (χ1n) is 8.05. The number of nitrogens with one attached hydrogen (secondary N) is 1. The topological polar surface area (TPSA) is 71.5 Å². The molecule has 6 nitrogen and oxygen atoms in total. The Balaban J connectivity index is 1.66. The Morgan fingerprint density at radius 1 is 1.39 bits per heavy atom. The Bertz CT molecular complexity index is 615. The summed E-state index contributed by atoms with van der Waals surface area (Å²) in [5.74, 6) is 0.0395. The molecule has 1 N–H and O–H groups in total. The molecule has 1 aromatic rings. The molecule has 1 unspecified atom stereocenters. The maximum Gasteiger partial charge on any atom is 0.255 e. The van der Waals surface area contributed by atoms with Crippen molar-refractivity contribution in [1.82, 2.24) is 9.88 Å². The summed E-state index contributed by atoms with van der Waals surface area (Å²) < 4.78 is 5.39. The molecule has 1 saturated heterocycles. The number of carbonyl (C=O) groups is 2. The number of hydrogen-bond acceptors (Lipinski definition) is 5. The van der Waals surface area contributed by atoms with Gasteiger partial charge in [-0.25, -0.2) is 4.98 Å². The normalized spacial score (nSPS) is 21.2. The van der Waals surface area contributed by atoms with E-state index in [0.29, 0.717) is 24.8 Å². The fraction of sp³-hybridized carbons (Fsp3) is 0.688. The number of anilines is 1. The van der Waals surface area contributed by atoms with E-state index in [9.17, 15) is 9.59 Å². The van der Waals surface area contributed by atoms with Gasteiger partial charge in [0.1, 0.15) is 6.10 Å². The van der Waals surface area contributed by atoms with Crippen molar-refractivity contribution in [3.8, 4) is 0 Å².